The Labute approximate surface area is 294 Å². The average Bonchev–Trinajstić information content (AvgIpc) is 3.45. The van der Waals surface area contributed by atoms with E-state index in [0.29, 0.717) is 0 Å². The highest BCUT2D eigenvalue weighted by Gasteiger charge is 2.54. The minimum Gasteiger partial charge on any atom is -0.468 e. The highest BCUT2D eigenvalue weighted by molar-refractivity contribution is 7.80. The van der Waals surface area contributed by atoms with Crippen LogP contribution in [0, 0.1) is 0 Å². The Morgan fingerprint density at radius 1 is 0.620 bits per heavy atom. The van der Waals surface area contributed by atoms with Gasteiger partial charge in [0.25, 0.3) is 5.17 Å². The molecule has 0 radical (unpaired) electrons. The Kier molecular flexibility index (Phi) is 12.3. The van der Waals surface area contributed by atoms with Gasteiger partial charge in [-0.1, -0.05) is 72.8 Å². The zero-order chi connectivity index (χ0) is 35.5. The summed E-state index contributed by atoms with van der Waals surface area (Å²) in [6, 6.07) is 32.7. The number of thiocarbonyl (C=S) groups is 1. The minimum absolute atomic E-state index is 0.0899. The van der Waals surface area contributed by atoms with Crippen molar-refractivity contribution in [3.05, 3.63) is 144 Å². The Morgan fingerprint density at radius 3 is 1.50 bits per heavy atom. The number of carbonyl (C=O) groups is 4. The van der Waals surface area contributed by atoms with E-state index in [2.05, 4.69) is 5.32 Å². The Hall–Kier alpha value is -5.59. The first-order valence-corrected chi connectivity index (χ1v) is 16.2. The smallest absolute Gasteiger partial charge is 0.338 e. The number of rotatable bonds is 12. The van der Waals surface area contributed by atoms with Gasteiger partial charge in [0.2, 0.25) is 0 Å². The van der Waals surface area contributed by atoms with Crippen molar-refractivity contribution in [2.75, 3.05) is 6.61 Å². The zero-order valence-corrected chi connectivity index (χ0v) is 28.0. The lowest BCUT2D eigenvalue weighted by molar-refractivity contribution is -0.0978. The van der Waals surface area contributed by atoms with Gasteiger partial charge in [0.1, 0.15) is 12.7 Å². The fraction of sp³-hybridized carbons (Fsp3) is 0.237. The van der Waals surface area contributed by atoms with Crippen LogP contribution in [-0.2, 0) is 28.4 Å². The van der Waals surface area contributed by atoms with E-state index in [4.69, 9.17) is 40.6 Å². The van der Waals surface area contributed by atoms with E-state index < -0.39 is 61.1 Å². The van der Waals surface area contributed by atoms with E-state index >= 15 is 0 Å². The maximum atomic E-state index is 13.6. The largest absolute Gasteiger partial charge is 0.468 e. The molecule has 1 aliphatic heterocycles. The van der Waals surface area contributed by atoms with Crippen LogP contribution in [0.25, 0.3) is 0 Å². The van der Waals surface area contributed by atoms with Gasteiger partial charge in [-0.3, -0.25) is 0 Å². The summed E-state index contributed by atoms with van der Waals surface area (Å²) in [7, 11) is 0. The van der Waals surface area contributed by atoms with Gasteiger partial charge in [-0.2, -0.15) is 0 Å². The van der Waals surface area contributed by atoms with Crippen molar-refractivity contribution in [2.24, 2.45) is 0 Å². The Morgan fingerprint density at radius 2 is 1.04 bits per heavy atom. The molecule has 5 atom stereocenters. The molecule has 1 aliphatic rings. The lowest BCUT2D eigenvalue weighted by Gasteiger charge is -2.28. The second kappa shape index (κ2) is 17.2. The number of carbonyl (C=O) groups excluding carboxylic acids is 4. The summed E-state index contributed by atoms with van der Waals surface area (Å²) in [4.78, 5) is 53.5. The molecule has 0 aliphatic carbocycles. The van der Waals surface area contributed by atoms with Gasteiger partial charge in [0.15, 0.2) is 24.5 Å². The van der Waals surface area contributed by atoms with Crippen LogP contribution < -0.4 is 5.32 Å². The van der Waals surface area contributed by atoms with Crippen LogP contribution in [0.2, 0.25) is 0 Å². The van der Waals surface area contributed by atoms with Gasteiger partial charge in [0.05, 0.1) is 28.4 Å². The molecule has 12 heteroatoms. The molecule has 5 rings (SSSR count). The Balaban J connectivity index is 1.53. The zero-order valence-electron chi connectivity index (χ0n) is 27.2. The van der Waals surface area contributed by atoms with Crippen LogP contribution in [0.3, 0.4) is 0 Å². The molecule has 0 spiro atoms. The summed E-state index contributed by atoms with van der Waals surface area (Å²) < 4.78 is 35.5. The fourth-order valence-electron chi connectivity index (χ4n) is 5.05. The molecule has 0 aromatic heterocycles. The number of esters is 4. The van der Waals surface area contributed by atoms with Crippen molar-refractivity contribution in [1.29, 1.82) is 0 Å². The van der Waals surface area contributed by atoms with Crippen molar-refractivity contribution in [3.63, 3.8) is 0 Å². The van der Waals surface area contributed by atoms with Crippen LogP contribution in [0.5, 0.6) is 0 Å². The maximum absolute atomic E-state index is 13.6. The van der Waals surface area contributed by atoms with Gasteiger partial charge in [-0.05, 0) is 74.6 Å². The SMILES string of the molecule is CC(C)OC(=S)N[C@@H]1O[C@@H]([C@@H](COC(=O)c2ccccc2)OC(=O)c2ccccc2)[C@H](OC(=O)c2ccccc2)[C@H]1OC(=O)c1ccccc1. The predicted molar refractivity (Wildman–Crippen MR) is 184 cm³/mol. The molecule has 50 heavy (non-hydrogen) atoms. The van der Waals surface area contributed by atoms with Crippen molar-refractivity contribution >= 4 is 41.3 Å². The number of hydrogen-bond acceptors (Lipinski definition) is 11. The predicted octanol–water partition coefficient (Wildman–Crippen LogP) is 5.54. The lowest BCUT2D eigenvalue weighted by atomic mass is 10.0. The summed E-state index contributed by atoms with van der Waals surface area (Å²) >= 11 is 5.39. The summed E-state index contributed by atoms with van der Waals surface area (Å²) in [5, 5.41) is 2.80. The summed E-state index contributed by atoms with van der Waals surface area (Å²) in [5.74, 6) is -3.00. The van der Waals surface area contributed by atoms with Gasteiger partial charge in [0, 0.05) is 0 Å². The van der Waals surface area contributed by atoms with E-state index in [9.17, 15) is 19.2 Å². The van der Waals surface area contributed by atoms with Gasteiger partial charge in [-0.15, -0.1) is 0 Å². The van der Waals surface area contributed by atoms with Crippen molar-refractivity contribution < 1.29 is 47.6 Å². The summed E-state index contributed by atoms with van der Waals surface area (Å²) in [5.41, 5.74) is 0.872. The molecule has 0 amide bonds. The number of benzene rings is 4. The van der Waals surface area contributed by atoms with Crippen LogP contribution in [0.15, 0.2) is 121 Å². The number of ether oxygens (including phenoxy) is 6. The quantitative estimate of drug-likeness (QED) is 0.113. The van der Waals surface area contributed by atoms with Crippen molar-refractivity contribution in [2.45, 2.75) is 50.6 Å². The molecule has 1 fully saturated rings. The van der Waals surface area contributed by atoms with E-state index in [-0.39, 0.29) is 33.5 Å². The third-order valence-corrected chi connectivity index (χ3v) is 7.59. The summed E-state index contributed by atoms with van der Waals surface area (Å²) in [6.07, 6.45) is -7.10. The Bertz CT molecular complexity index is 1760. The molecule has 0 unspecified atom stereocenters. The van der Waals surface area contributed by atoms with E-state index in [1.165, 1.54) is 0 Å². The highest BCUT2D eigenvalue weighted by atomic mass is 32.1. The first kappa shape index (κ1) is 35.7. The van der Waals surface area contributed by atoms with Gasteiger partial charge in [-0.25, -0.2) is 19.2 Å². The molecule has 4 aromatic rings. The molecule has 4 aromatic carbocycles. The topological polar surface area (TPSA) is 136 Å². The monoisotopic (exact) mass is 697 g/mol. The standard InChI is InChI=1S/C38H35NO10S/c1-24(2)45-38(50)39-33-32(49-37(43)28-21-13-6-14-22-28)31(48-36(42)27-19-11-5-12-20-27)30(47-33)29(46-35(41)26-17-9-4-10-18-26)23-44-34(40)25-15-7-3-8-16-25/h3-22,24,29-33H,23H2,1-2H3,(H,39,50)/t29-,30+,31+,32-,33-/m1/s1. The van der Waals surface area contributed by atoms with Gasteiger partial charge >= 0.3 is 23.9 Å². The molecule has 0 saturated carbocycles. The molecule has 1 saturated heterocycles. The second-order valence-electron chi connectivity index (χ2n) is 11.4. The van der Waals surface area contributed by atoms with E-state index in [0.717, 1.165) is 0 Å². The van der Waals surface area contributed by atoms with E-state index in [1.54, 1.807) is 135 Å². The first-order chi connectivity index (χ1) is 24.2. The maximum Gasteiger partial charge on any atom is 0.338 e. The van der Waals surface area contributed by atoms with Crippen molar-refractivity contribution in [1.82, 2.24) is 5.32 Å². The lowest BCUT2D eigenvalue weighted by Crippen LogP contribution is -2.49. The van der Waals surface area contributed by atoms with Crippen molar-refractivity contribution in [3.8, 4) is 0 Å². The molecule has 11 nitrogen and oxygen atoms in total. The third kappa shape index (κ3) is 9.52. The number of hydrogen-bond donors (Lipinski definition) is 1. The first-order valence-electron chi connectivity index (χ1n) is 15.8. The van der Waals surface area contributed by atoms with Crippen LogP contribution in [0.4, 0.5) is 0 Å². The third-order valence-electron chi connectivity index (χ3n) is 7.38. The van der Waals surface area contributed by atoms with Crippen LogP contribution >= 0.6 is 12.2 Å². The fourth-order valence-corrected chi connectivity index (χ4v) is 5.36. The second-order valence-corrected chi connectivity index (χ2v) is 11.7. The average molecular weight is 698 g/mol. The molecular formula is C38H35NO10S. The minimum atomic E-state index is -1.42. The van der Waals surface area contributed by atoms with E-state index in [1.807, 2.05) is 0 Å². The molecule has 1 N–H and O–H groups in total. The molecule has 1 heterocycles. The normalized spacial score (nSPS) is 18.7. The van der Waals surface area contributed by atoms with Crippen LogP contribution in [0.1, 0.15) is 55.3 Å². The molecular weight excluding hydrogens is 662 g/mol. The highest BCUT2D eigenvalue weighted by Crippen LogP contribution is 2.31. The van der Waals surface area contributed by atoms with Gasteiger partial charge < -0.3 is 33.7 Å². The number of nitrogens with one attached hydrogen (secondary N) is 1. The molecule has 258 valence electrons. The van der Waals surface area contributed by atoms with Crippen LogP contribution in [-0.4, -0.2) is 72.4 Å². The summed E-state index contributed by atoms with van der Waals surface area (Å²) in [6.45, 7) is 3.02. The molecule has 0 bridgehead atoms.